The van der Waals surface area contributed by atoms with Crippen LogP contribution in [0.15, 0.2) is 52.2 Å². The largest absolute Gasteiger partial charge is 0.497 e. The number of hydrogen-bond acceptors (Lipinski definition) is 8. The molecule has 0 saturated carbocycles. The number of anilines is 1. The summed E-state index contributed by atoms with van der Waals surface area (Å²) >= 11 is 1.26. The number of nitrogen functional groups attached to an aromatic ring is 1. The number of furan rings is 1. The van der Waals surface area contributed by atoms with Crippen LogP contribution in [0.2, 0.25) is 0 Å². The molecule has 144 valence electrons. The number of rotatable bonds is 5. The number of nitrogens with two attached hydrogens (primary N) is 1. The van der Waals surface area contributed by atoms with Gasteiger partial charge in [-0.15, -0.1) is 0 Å². The van der Waals surface area contributed by atoms with E-state index >= 15 is 0 Å². The van der Waals surface area contributed by atoms with Gasteiger partial charge < -0.3 is 9.15 Å². The molecule has 8 nitrogen and oxygen atoms in total. The number of hydrogen-bond donors (Lipinski definition) is 2. The molecule has 0 bridgehead atoms. The third kappa shape index (κ3) is 3.25. The number of nitrogens with zero attached hydrogens (tertiary/aromatic N) is 3. The van der Waals surface area contributed by atoms with Gasteiger partial charge in [0.05, 0.1) is 25.1 Å². The van der Waals surface area contributed by atoms with Crippen molar-refractivity contribution in [1.29, 1.82) is 0 Å². The average Bonchev–Trinajstić information content (AvgIpc) is 3.46. The molecule has 3 heterocycles. The van der Waals surface area contributed by atoms with Gasteiger partial charge in [0.25, 0.3) is 5.91 Å². The molecule has 9 heteroatoms. The summed E-state index contributed by atoms with van der Waals surface area (Å²) in [4.78, 5) is 17.0. The first kappa shape index (κ1) is 18.2. The summed E-state index contributed by atoms with van der Waals surface area (Å²) in [6.45, 7) is 1.78. The highest BCUT2D eigenvalue weighted by atomic mass is 32.1. The molecule has 0 aliphatic carbocycles. The summed E-state index contributed by atoms with van der Waals surface area (Å²) in [5.41, 5.74) is 4.65. The highest BCUT2D eigenvalue weighted by Gasteiger charge is 2.33. The Labute approximate surface area is 165 Å². The molecule has 3 aromatic rings. The first-order valence-corrected chi connectivity index (χ1v) is 9.45. The maximum atomic E-state index is 12.0. The van der Waals surface area contributed by atoms with Crippen LogP contribution in [0.3, 0.4) is 0 Å². The lowest BCUT2D eigenvalue weighted by atomic mass is 10.0. The molecule has 0 spiro atoms. The van der Waals surface area contributed by atoms with E-state index in [0.717, 1.165) is 17.0 Å². The molecule has 28 heavy (non-hydrogen) atoms. The van der Waals surface area contributed by atoms with Crippen molar-refractivity contribution in [3.05, 3.63) is 64.6 Å². The van der Waals surface area contributed by atoms with Crippen LogP contribution in [0.1, 0.15) is 39.2 Å². The number of aromatic nitrogens is 1. The smallest absolute Gasteiger partial charge is 0.277 e. The molecule has 1 aliphatic rings. The second-order valence-corrected chi connectivity index (χ2v) is 7.22. The number of ether oxygens (including phenoxy) is 1. The molecular formula is C19H19N5O3S. The van der Waals surface area contributed by atoms with Crippen LogP contribution in [0.5, 0.6) is 5.75 Å². The minimum absolute atomic E-state index is 0.0784. The predicted molar refractivity (Wildman–Crippen MR) is 107 cm³/mol. The summed E-state index contributed by atoms with van der Waals surface area (Å²) in [5.74, 6) is 6.42. The zero-order valence-corrected chi connectivity index (χ0v) is 16.2. The molecule has 0 fully saturated rings. The normalized spacial score (nSPS) is 16.2. The van der Waals surface area contributed by atoms with E-state index in [1.54, 1.807) is 20.3 Å². The summed E-state index contributed by atoms with van der Waals surface area (Å²) < 4.78 is 10.8. The molecule has 1 amide bonds. The van der Waals surface area contributed by atoms with Crippen molar-refractivity contribution in [2.75, 3.05) is 12.1 Å². The van der Waals surface area contributed by atoms with Gasteiger partial charge in [-0.2, -0.15) is 5.10 Å². The van der Waals surface area contributed by atoms with Crippen LogP contribution in [0, 0.1) is 6.92 Å². The number of carbonyl (C=O) groups excluding carboxylic acids is 1. The van der Waals surface area contributed by atoms with Gasteiger partial charge in [0.2, 0.25) is 5.13 Å². The summed E-state index contributed by atoms with van der Waals surface area (Å²) in [6.07, 6.45) is 2.27. The van der Waals surface area contributed by atoms with Gasteiger partial charge in [0, 0.05) is 6.42 Å². The van der Waals surface area contributed by atoms with E-state index in [1.807, 2.05) is 41.4 Å². The Hall–Kier alpha value is -3.17. The van der Waals surface area contributed by atoms with Gasteiger partial charge in [-0.3, -0.25) is 10.2 Å². The third-order valence-corrected chi connectivity index (χ3v) is 5.68. The number of thiazole rings is 1. The van der Waals surface area contributed by atoms with E-state index in [-0.39, 0.29) is 11.9 Å². The fraction of sp³-hybridized carbons (Fsp3) is 0.211. The SMILES string of the molecule is COc1ccc([C@H]2CC(c3ccco3)=NN2c2nc(C)c(C(=O)NN)s2)cc1. The Morgan fingerprint density at radius 3 is 2.79 bits per heavy atom. The van der Waals surface area contributed by atoms with E-state index in [2.05, 4.69) is 10.4 Å². The van der Waals surface area contributed by atoms with Crippen LogP contribution in [-0.2, 0) is 0 Å². The molecule has 0 radical (unpaired) electrons. The standard InChI is InChI=1S/C19H19N5O3S/c1-11-17(18(25)22-20)28-19(21-11)24-15(12-5-7-13(26-2)8-6-12)10-14(23-24)16-4-3-9-27-16/h3-9,15H,10,20H2,1-2H3,(H,22,25)/t15-/m1/s1. The minimum atomic E-state index is -0.364. The molecule has 3 N–H and O–H groups in total. The van der Waals surface area contributed by atoms with E-state index in [9.17, 15) is 4.79 Å². The van der Waals surface area contributed by atoms with Crippen molar-refractivity contribution in [3.8, 4) is 5.75 Å². The van der Waals surface area contributed by atoms with Gasteiger partial charge in [0.15, 0.2) is 0 Å². The van der Waals surface area contributed by atoms with Crippen molar-refractivity contribution in [3.63, 3.8) is 0 Å². The Bertz CT molecular complexity index is 1010. The number of aryl methyl sites for hydroxylation is 1. The molecule has 1 aromatic carbocycles. The van der Waals surface area contributed by atoms with Gasteiger partial charge in [-0.1, -0.05) is 23.5 Å². The maximum absolute atomic E-state index is 12.0. The molecule has 2 aromatic heterocycles. The fourth-order valence-electron chi connectivity index (χ4n) is 3.12. The zero-order valence-electron chi connectivity index (χ0n) is 15.4. The Kier molecular flexibility index (Phi) is 4.84. The maximum Gasteiger partial charge on any atom is 0.277 e. The quantitative estimate of drug-likeness (QED) is 0.389. The van der Waals surface area contributed by atoms with E-state index in [0.29, 0.717) is 27.9 Å². The Balaban J connectivity index is 1.74. The Morgan fingerprint density at radius 2 is 2.14 bits per heavy atom. The van der Waals surface area contributed by atoms with Crippen LogP contribution in [0.4, 0.5) is 5.13 Å². The predicted octanol–water partition coefficient (Wildman–Crippen LogP) is 3.01. The molecule has 0 saturated heterocycles. The van der Waals surface area contributed by atoms with Crippen molar-refractivity contribution >= 4 is 28.1 Å². The van der Waals surface area contributed by atoms with E-state index in [1.165, 1.54) is 11.3 Å². The number of carbonyl (C=O) groups is 1. The highest BCUT2D eigenvalue weighted by Crippen LogP contribution is 2.39. The fourth-order valence-corrected chi connectivity index (χ4v) is 4.09. The number of hydrazine groups is 1. The third-order valence-electron chi connectivity index (χ3n) is 4.54. The van der Waals surface area contributed by atoms with Crippen molar-refractivity contribution in [2.45, 2.75) is 19.4 Å². The zero-order chi connectivity index (χ0) is 19.7. The molecule has 4 rings (SSSR count). The van der Waals surface area contributed by atoms with Crippen LogP contribution in [-0.4, -0.2) is 23.7 Å². The van der Waals surface area contributed by atoms with Gasteiger partial charge in [0.1, 0.15) is 22.1 Å². The number of methoxy groups -OCH3 is 1. The second kappa shape index (κ2) is 7.45. The number of hydrazone groups is 1. The van der Waals surface area contributed by atoms with E-state index < -0.39 is 0 Å². The van der Waals surface area contributed by atoms with Crippen molar-refractivity contribution < 1.29 is 13.9 Å². The van der Waals surface area contributed by atoms with E-state index in [4.69, 9.17) is 20.1 Å². The molecule has 0 unspecified atom stereocenters. The minimum Gasteiger partial charge on any atom is -0.497 e. The van der Waals surface area contributed by atoms with Gasteiger partial charge in [-0.25, -0.2) is 15.8 Å². The lowest BCUT2D eigenvalue weighted by Gasteiger charge is -2.21. The topological polar surface area (TPSA) is 106 Å². The molecule has 1 atom stereocenters. The van der Waals surface area contributed by atoms with Crippen LogP contribution < -0.4 is 21.0 Å². The van der Waals surface area contributed by atoms with Crippen molar-refractivity contribution in [2.24, 2.45) is 10.9 Å². The number of nitrogens with one attached hydrogen (secondary N) is 1. The van der Waals surface area contributed by atoms with Crippen LogP contribution >= 0.6 is 11.3 Å². The van der Waals surface area contributed by atoms with Gasteiger partial charge >= 0.3 is 0 Å². The summed E-state index contributed by atoms with van der Waals surface area (Å²) in [7, 11) is 1.64. The van der Waals surface area contributed by atoms with Crippen molar-refractivity contribution in [1.82, 2.24) is 10.4 Å². The molecular weight excluding hydrogens is 378 g/mol. The van der Waals surface area contributed by atoms with Gasteiger partial charge in [-0.05, 0) is 36.8 Å². The summed E-state index contributed by atoms with van der Waals surface area (Å²) in [6, 6.07) is 11.5. The monoisotopic (exact) mass is 397 g/mol. The number of amides is 1. The highest BCUT2D eigenvalue weighted by molar-refractivity contribution is 7.17. The number of benzene rings is 1. The second-order valence-electron chi connectivity index (χ2n) is 6.25. The first-order chi connectivity index (χ1) is 13.6. The average molecular weight is 397 g/mol. The Morgan fingerprint density at radius 1 is 1.36 bits per heavy atom. The summed E-state index contributed by atoms with van der Waals surface area (Å²) in [5, 5.41) is 7.21. The molecule has 1 aliphatic heterocycles. The first-order valence-electron chi connectivity index (χ1n) is 8.63. The lowest BCUT2D eigenvalue weighted by Crippen LogP contribution is -2.29. The lowest BCUT2D eigenvalue weighted by molar-refractivity contribution is 0.0957. The van der Waals surface area contributed by atoms with Crippen LogP contribution in [0.25, 0.3) is 0 Å².